The fraction of sp³-hybridized carbons (Fsp3) is 0.214. The highest BCUT2D eigenvalue weighted by Gasteiger charge is 2.00. The summed E-state index contributed by atoms with van der Waals surface area (Å²) in [6.45, 7) is 9.87. The molecule has 0 bridgehead atoms. The van der Waals surface area contributed by atoms with Gasteiger partial charge < -0.3 is 4.42 Å². The molecular weight excluding hydrogens is 198 g/mol. The first-order valence-corrected chi connectivity index (χ1v) is 5.42. The minimum absolute atomic E-state index is 0.790. The summed E-state index contributed by atoms with van der Waals surface area (Å²) in [5.74, 6) is 0.790. The molecule has 1 aromatic heterocycles. The topological polar surface area (TPSA) is 26.0 Å². The van der Waals surface area contributed by atoms with E-state index in [9.17, 15) is 0 Å². The van der Waals surface area contributed by atoms with Crippen molar-refractivity contribution < 1.29 is 4.42 Å². The zero-order valence-electron chi connectivity index (χ0n) is 10.0. The standard InChI is InChI=1S/C12H11NO.C2H6/c1-9(2)10-3-5-11(6-4-10)12-7-13-8-14-12;1-2/h3-8H,1H2,2H3;1-2H3. The summed E-state index contributed by atoms with van der Waals surface area (Å²) in [5.41, 5.74) is 3.25. The Morgan fingerprint density at radius 1 is 1.19 bits per heavy atom. The van der Waals surface area contributed by atoms with Crippen LogP contribution >= 0.6 is 0 Å². The molecule has 0 aliphatic rings. The predicted molar refractivity (Wildman–Crippen MR) is 68.0 cm³/mol. The van der Waals surface area contributed by atoms with Gasteiger partial charge in [-0.3, -0.25) is 0 Å². The largest absolute Gasteiger partial charge is 0.444 e. The highest BCUT2D eigenvalue weighted by Crippen LogP contribution is 2.20. The number of aromatic nitrogens is 1. The van der Waals surface area contributed by atoms with Crippen LogP contribution in [-0.4, -0.2) is 4.98 Å². The summed E-state index contributed by atoms with van der Waals surface area (Å²) in [7, 11) is 0. The van der Waals surface area contributed by atoms with E-state index < -0.39 is 0 Å². The Kier molecular flexibility index (Phi) is 4.52. The van der Waals surface area contributed by atoms with Crippen molar-refractivity contribution in [1.82, 2.24) is 4.98 Å². The maximum Gasteiger partial charge on any atom is 0.181 e. The van der Waals surface area contributed by atoms with Gasteiger partial charge in [0, 0.05) is 5.56 Å². The second-order valence-corrected chi connectivity index (χ2v) is 3.22. The summed E-state index contributed by atoms with van der Waals surface area (Å²) < 4.78 is 5.19. The molecular formula is C14H17NO. The Hall–Kier alpha value is -1.83. The molecule has 0 spiro atoms. The van der Waals surface area contributed by atoms with Crippen LogP contribution in [0, 0.1) is 0 Å². The van der Waals surface area contributed by atoms with E-state index in [2.05, 4.69) is 11.6 Å². The van der Waals surface area contributed by atoms with Crippen molar-refractivity contribution in [3.05, 3.63) is 49.0 Å². The Morgan fingerprint density at radius 2 is 1.81 bits per heavy atom. The zero-order chi connectivity index (χ0) is 12.0. The van der Waals surface area contributed by atoms with Crippen LogP contribution in [0.3, 0.4) is 0 Å². The van der Waals surface area contributed by atoms with E-state index in [1.807, 2.05) is 45.0 Å². The molecule has 0 fully saturated rings. The minimum atomic E-state index is 0.790. The van der Waals surface area contributed by atoms with Crippen molar-refractivity contribution in [2.45, 2.75) is 20.8 Å². The maximum atomic E-state index is 5.19. The van der Waals surface area contributed by atoms with Crippen LogP contribution in [0.25, 0.3) is 16.9 Å². The Morgan fingerprint density at radius 3 is 2.25 bits per heavy atom. The highest BCUT2D eigenvalue weighted by molar-refractivity contribution is 5.65. The van der Waals surface area contributed by atoms with Crippen LogP contribution < -0.4 is 0 Å². The lowest BCUT2D eigenvalue weighted by Gasteiger charge is -2.00. The maximum absolute atomic E-state index is 5.19. The molecule has 1 heterocycles. The average molecular weight is 215 g/mol. The molecule has 2 nitrogen and oxygen atoms in total. The predicted octanol–water partition coefficient (Wildman–Crippen LogP) is 4.40. The summed E-state index contributed by atoms with van der Waals surface area (Å²) in [4.78, 5) is 3.87. The van der Waals surface area contributed by atoms with Crippen molar-refractivity contribution >= 4 is 5.57 Å². The van der Waals surface area contributed by atoms with Gasteiger partial charge in [0.05, 0.1) is 6.20 Å². The van der Waals surface area contributed by atoms with E-state index in [0.717, 1.165) is 22.5 Å². The number of rotatable bonds is 2. The monoisotopic (exact) mass is 215 g/mol. The molecule has 0 aliphatic heterocycles. The van der Waals surface area contributed by atoms with Gasteiger partial charge in [-0.2, -0.15) is 0 Å². The van der Waals surface area contributed by atoms with E-state index in [1.54, 1.807) is 6.20 Å². The first kappa shape index (κ1) is 12.2. The Labute approximate surface area is 96.6 Å². The summed E-state index contributed by atoms with van der Waals surface area (Å²) >= 11 is 0. The Bertz CT molecular complexity index is 426. The highest BCUT2D eigenvalue weighted by atomic mass is 16.3. The minimum Gasteiger partial charge on any atom is -0.444 e. The first-order valence-electron chi connectivity index (χ1n) is 5.42. The number of allylic oxidation sites excluding steroid dienone is 1. The van der Waals surface area contributed by atoms with Gasteiger partial charge in [0.1, 0.15) is 0 Å². The van der Waals surface area contributed by atoms with Gasteiger partial charge in [0.25, 0.3) is 0 Å². The van der Waals surface area contributed by atoms with Crippen LogP contribution in [0.4, 0.5) is 0 Å². The van der Waals surface area contributed by atoms with E-state index in [4.69, 9.17) is 4.42 Å². The van der Waals surface area contributed by atoms with Crippen LogP contribution in [0.1, 0.15) is 26.3 Å². The lowest BCUT2D eigenvalue weighted by Crippen LogP contribution is -1.78. The molecule has 0 saturated carbocycles. The fourth-order valence-corrected chi connectivity index (χ4v) is 1.28. The second kappa shape index (κ2) is 5.91. The van der Waals surface area contributed by atoms with Crippen molar-refractivity contribution in [3.8, 4) is 11.3 Å². The molecule has 0 amide bonds. The van der Waals surface area contributed by atoms with Crippen molar-refractivity contribution in [1.29, 1.82) is 0 Å². The molecule has 0 aliphatic carbocycles. The van der Waals surface area contributed by atoms with E-state index >= 15 is 0 Å². The van der Waals surface area contributed by atoms with Gasteiger partial charge in [-0.15, -0.1) is 0 Å². The summed E-state index contributed by atoms with van der Waals surface area (Å²) in [5, 5.41) is 0. The SMILES string of the molecule is C=C(C)c1ccc(-c2cnco2)cc1.CC. The van der Waals surface area contributed by atoms with Crippen molar-refractivity contribution in [2.75, 3.05) is 0 Å². The number of oxazole rings is 1. The van der Waals surface area contributed by atoms with Gasteiger partial charge in [0.2, 0.25) is 0 Å². The van der Waals surface area contributed by atoms with Crippen LogP contribution in [0.5, 0.6) is 0 Å². The second-order valence-electron chi connectivity index (χ2n) is 3.22. The lowest BCUT2D eigenvalue weighted by atomic mass is 10.1. The quantitative estimate of drug-likeness (QED) is 0.742. The third-order valence-corrected chi connectivity index (χ3v) is 2.09. The van der Waals surface area contributed by atoms with Gasteiger partial charge in [-0.25, -0.2) is 4.98 Å². The number of hydrogen-bond acceptors (Lipinski definition) is 2. The molecule has 0 N–H and O–H groups in total. The summed E-state index contributed by atoms with van der Waals surface area (Å²) in [6.07, 6.45) is 3.14. The van der Waals surface area contributed by atoms with E-state index in [1.165, 1.54) is 6.39 Å². The van der Waals surface area contributed by atoms with E-state index in [-0.39, 0.29) is 0 Å². The van der Waals surface area contributed by atoms with Crippen LogP contribution in [-0.2, 0) is 0 Å². The lowest BCUT2D eigenvalue weighted by molar-refractivity contribution is 0.572. The molecule has 0 unspecified atom stereocenters. The van der Waals surface area contributed by atoms with Crippen LogP contribution in [0.15, 0.2) is 47.9 Å². The third-order valence-electron chi connectivity index (χ3n) is 2.09. The molecule has 2 rings (SSSR count). The fourth-order valence-electron chi connectivity index (χ4n) is 1.28. The average Bonchev–Trinajstić information content (AvgIpc) is 2.85. The van der Waals surface area contributed by atoms with E-state index in [0.29, 0.717) is 0 Å². The molecule has 16 heavy (non-hydrogen) atoms. The van der Waals surface area contributed by atoms with Crippen LogP contribution in [0.2, 0.25) is 0 Å². The molecule has 1 aromatic carbocycles. The summed E-state index contributed by atoms with van der Waals surface area (Å²) in [6, 6.07) is 8.06. The molecule has 84 valence electrons. The normalized spacial score (nSPS) is 9.19. The van der Waals surface area contributed by atoms with Gasteiger partial charge in [-0.1, -0.05) is 50.3 Å². The van der Waals surface area contributed by atoms with Crippen molar-refractivity contribution in [3.63, 3.8) is 0 Å². The molecule has 2 aromatic rings. The smallest absolute Gasteiger partial charge is 0.181 e. The Balaban J connectivity index is 0.000000606. The van der Waals surface area contributed by atoms with Gasteiger partial charge in [0.15, 0.2) is 12.2 Å². The number of nitrogens with zero attached hydrogens (tertiary/aromatic N) is 1. The number of benzene rings is 1. The third kappa shape index (κ3) is 2.83. The molecule has 0 radical (unpaired) electrons. The number of hydrogen-bond donors (Lipinski definition) is 0. The molecule has 0 saturated heterocycles. The first-order chi connectivity index (χ1) is 7.77. The zero-order valence-corrected chi connectivity index (χ0v) is 10.0. The van der Waals surface area contributed by atoms with Crippen molar-refractivity contribution in [2.24, 2.45) is 0 Å². The van der Waals surface area contributed by atoms with Gasteiger partial charge >= 0.3 is 0 Å². The molecule has 2 heteroatoms. The molecule has 0 atom stereocenters. The van der Waals surface area contributed by atoms with Gasteiger partial charge in [-0.05, 0) is 12.5 Å².